The van der Waals surface area contributed by atoms with Crippen molar-refractivity contribution < 1.29 is 33.5 Å². The fourth-order valence-electron chi connectivity index (χ4n) is 9.02. The van der Waals surface area contributed by atoms with Gasteiger partial charge in [0, 0.05) is 67.8 Å². The number of aromatic nitrogens is 2. The number of rotatable bonds is 18. The van der Waals surface area contributed by atoms with E-state index in [0.29, 0.717) is 58.7 Å². The number of nitrogens with zero attached hydrogens (tertiary/aromatic N) is 5. The van der Waals surface area contributed by atoms with Crippen LogP contribution in [0.1, 0.15) is 99.7 Å². The van der Waals surface area contributed by atoms with Gasteiger partial charge in [-0.25, -0.2) is 4.98 Å². The number of anilines is 1. The summed E-state index contributed by atoms with van der Waals surface area (Å²) in [5.74, 6) is -0.230. The smallest absolute Gasteiger partial charge is 0.254 e. The number of aliphatic hydroxyl groups is 1. The van der Waals surface area contributed by atoms with Crippen LogP contribution in [-0.4, -0.2) is 94.9 Å². The minimum Gasteiger partial charge on any atom is -0.489 e. The van der Waals surface area contributed by atoms with E-state index < -0.39 is 28.9 Å². The van der Waals surface area contributed by atoms with Crippen LogP contribution in [-0.2, 0) is 9.59 Å². The number of β-amino-alcohol motifs (C(OH)–C–C–N with tert-alkyl or cyclic N) is 1. The Kier molecular flexibility index (Phi) is 14.9. The van der Waals surface area contributed by atoms with Crippen LogP contribution in [0.4, 0.5) is 5.82 Å². The van der Waals surface area contributed by atoms with E-state index in [1.807, 2.05) is 48.5 Å². The molecule has 0 unspecified atom stereocenters. The number of amides is 3. The van der Waals surface area contributed by atoms with Gasteiger partial charge in [-0.15, -0.1) is 0 Å². The van der Waals surface area contributed by atoms with Crippen LogP contribution in [0.3, 0.4) is 0 Å². The Morgan fingerprint density at radius 2 is 1.72 bits per heavy atom. The van der Waals surface area contributed by atoms with Gasteiger partial charge in [-0.3, -0.25) is 14.4 Å². The van der Waals surface area contributed by atoms with E-state index in [1.165, 1.54) is 4.90 Å². The molecule has 4 aromatic rings. The first-order valence-corrected chi connectivity index (χ1v) is 21.8. The molecule has 1 saturated carbocycles. The van der Waals surface area contributed by atoms with Crippen LogP contribution < -0.4 is 30.7 Å². The lowest BCUT2D eigenvalue weighted by Crippen LogP contribution is -2.74. The minimum absolute atomic E-state index is 0.0118. The van der Waals surface area contributed by atoms with E-state index >= 15 is 0 Å². The molecule has 2 aromatic carbocycles. The highest BCUT2D eigenvalue weighted by molar-refractivity contribution is 6.31. The van der Waals surface area contributed by atoms with Crippen LogP contribution >= 0.6 is 11.6 Å². The summed E-state index contributed by atoms with van der Waals surface area (Å²) in [7, 11) is 0. The first kappa shape index (κ1) is 47.3. The van der Waals surface area contributed by atoms with Crippen molar-refractivity contribution in [3.63, 3.8) is 0 Å². The first-order valence-electron chi connectivity index (χ1n) is 21.4. The zero-order valence-electron chi connectivity index (χ0n) is 37.1. The lowest BCUT2D eigenvalue weighted by molar-refractivity contribution is -0.164. The normalized spacial score (nSPS) is 20.5. The number of hydrogen-bond donors (Lipinski definition) is 5. The molecule has 16 nitrogen and oxygen atoms in total. The zero-order chi connectivity index (χ0) is 46.3. The minimum atomic E-state index is -0.872. The number of likely N-dealkylation sites (tertiary alicyclic amines) is 1. The second-order valence-corrected chi connectivity index (χ2v) is 18.3. The molecule has 1 aliphatic carbocycles. The molecule has 17 heteroatoms. The molecule has 4 atom stereocenters. The molecule has 2 aromatic heterocycles. The average Bonchev–Trinajstić information content (AvgIpc) is 3.90. The molecular weight excluding hydrogens is 838 g/mol. The Bertz CT molecular complexity index is 2360. The van der Waals surface area contributed by atoms with Gasteiger partial charge in [0.25, 0.3) is 11.8 Å². The Hall–Kier alpha value is -6.20. The molecule has 3 amide bonds. The number of hydrogen-bond acceptors (Lipinski definition) is 13. The number of carbonyl (C=O) groups excluding carboxylic acids is 3. The predicted molar refractivity (Wildman–Crippen MR) is 238 cm³/mol. The van der Waals surface area contributed by atoms with Crippen molar-refractivity contribution in [1.29, 1.82) is 10.5 Å². The van der Waals surface area contributed by atoms with Crippen molar-refractivity contribution in [2.75, 3.05) is 38.1 Å². The van der Waals surface area contributed by atoms with Crippen molar-refractivity contribution in [2.45, 2.75) is 91.1 Å². The largest absolute Gasteiger partial charge is 0.489 e. The molecule has 5 N–H and O–H groups in total. The summed E-state index contributed by atoms with van der Waals surface area (Å²) < 4.78 is 17.7. The Morgan fingerprint density at radius 1 is 0.984 bits per heavy atom. The summed E-state index contributed by atoms with van der Waals surface area (Å²) >= 11 is 6.23. The highest BCUT2D eigenvalue weighted by Gasteiger charge is 2.64. The number of aliphatic hydroxyl groups excluding tert-OH is 1. The van der Waals surface area contributed by atoms with E-state index in [2.05, 4.69) is 43.5 Å². The van der Waals surface area contributed by atoms with E-state index in [0.717, 1.165) is 5.56 Å². The summed E-state index contributed by atoms with van der Waals surface area (Å²) in [6.45, 7) is 15.7. The van der Waals surface area contributed by atoms with Gasteiger partial charge in [0.2, 0.25) is 11.8 Å². The van der Waals surface area contributed by atoms with Gasteiger partial charge in [0.15, 0.2) is 5.76 Å². The van der Waals surface area contributed by atoms with Gasteiger partial charge >= 0.3 is 0 Å². The number of halogens is 1. The number of carbonyl (C=O) groups is 3. The van der Waals surface area contributed by atoms with Gasteiger partial charge in [0.05, 0.1) is 39.9 Å². The molecule has 0 spiro atoms. The van der Waals surface area contributed by atoms with Crippen molar-refractivity contribution >= 4 is 35.1 Å². The third kappa shape index (κ3) is 10.6. The summed E-state index contributed by atoms with van der Waals surface area (Å²) in [4.78, 5) is 46.6. The van der Waals surface area contributed by atoms with E-state index in [9.17, 15) is 24.8 Å². The summed E-state index contributed by atoms with van der Waals surface area (Å²) in [6, 6.07) is 19.7. The van der Waals surface area contributed by atoms with Crippen molar-refractivity contribution in [3.8, 4) is 23.8 Å². The van der Waals surface area contributed by atoms with E-state index in [4.69, 9.17) is 30.9 Å². The van der Waals surface area contributed by atoms with Crippen LogP contribution in [0.2, 0.25) is 5.02 Å². The summed E-state index contributed by atoms with van der Waals surface area (Å²) in [6.07, 6.45) is 0.568. The Labute approximate surface area is 378 Å². The molecule has 338 valence electrons. The number of pyridine rings is 1. The number of benzene rings is 2. The maximum atomic E-state index is 14.0. The van der Waals surface area contributed by atoms with Crippen LogP contribution in [0.5, 0.6) is 11.6 Å². The summed E-state index contributed by atoms with van der Waals surface area (Å²) in [5.41, 5.74) is 1.33. The van der Waals surface area contributed by atoms with Gasteiger partial charge in [-0.2, -0.15) is 10.5 Å². The molecule has 64 heavy (non-hydrogen) atoms. The topological polar surface area (TPSA) is 228 Å². The molecular formula is C47H56ClN9O7. The standard InChI is InChI=1S/C47H56ClN9O7/c1-27(2)40(43(61)57-26-33(58)20-36(57)42(60)54-28(3)30-10-8-29(23-49)9-11-30)37-22-39(56-64-37)62-19-18-51-16-17-52-38-15-13-32(25-53-38)41(59)55-44-46(4,5)45(47(44,6)7)63-34-14-12-31(24-50)35(48)21-34/h8-15,21-22,25,27-28,33,36,40,44-45,51,58H,16-20,26H2,1-7H3,(H,52,53)(H,54,60)(H,55,59)/t28-,33+,36-,40+,44?,45?/m0/s1. The molecule has 2 fully saturated rings. The number of nitriles is 2. The second kappa shape index (κ2) is 20.1. The Balaban J connectivity index is 0.915. The van der Waals surface area contributed by atoms with Gasteiger partial charge in [-0.1, -0.05) is 65.3 Å². The second-order valence-electron chi connectivity index (χ2n) is 17.9. The van der Waals surface area contributed by atoms with Crippen molar-refractivity contribution in [2.24, 2.45) is 16.7 Å². The van der Waals surface area contributed by atoms with Crippen molar-refractivity contribution in [3.05, 3.63) is 99.9 Å². The van der Waals surface area contributed by atoms with Crippen LogP contribution in [0.15, 0.2) is 71.4 Å². The monoisotopic (exact) mass is 893 g/mol. The lowest BCUT2D eigenvalue weighted by atomic mass is 9.49. The first-order chi connectivity index (χ1) is 30.4. The van der Waals surface area contributed by atoms with Gasteiger partial charge in [0.1, 0.15) is 42.3 Å². The molecule has 0 bridgehead atoms. The highest BCUT2D eigenvalue weighted by atomic mass is 35.5. The molecule has 1 aliphatic heterocycles. The molecule has 1 saturated heterocycles. The van der Waals surface area contributed by atoms with Crippen molar-refractivity contribution in [1.82, 2.24) is 31.0 Å². The zero-order valence-corrected chi connectivity index (χ0v) is 37.9. The van der Waals surface area contributed by atoms with Crippen LogP contribution in [0, 0.1) is 39.4 Å². The molecule has 3 heterocycles. The SMILES string of the molecule is CC(C)[C@@H](C(=O)N1C[C@H](O)C[C@H]1C(=O)N[C@@H](C)c1ccc(C#N)cc1)c1cc(OCCNCCNc2ccc(C(=O)NC3C(C)(C)C(Oc4ccc(C#N)c(Cl)c4)C3(C)C)cn2)no1. The maximum Gasteiger partial charge on any atom is 0.254 e. The average molecular weight is 894 g/mol. The maximum absolute atomic E-state index is 14.0. The lowest BCUT2D eigenvalue weighted by Gasteiger charge is -2.63. The number of nitrogens with one attached hydrogen (secondary N) is 4. The highest BCUT2D eigenvalue weighted by Crippen LogP contribution is 2.55. The molecule has 0 radical (unpaired) electrons. The molecule has 2 aliphatic rings. The van der Waals surface area contributed by atoms with Gasteiger partial charge in [-0.05, 0) is 60.0 Å². The quantitative estimate of drug-likeness (QED) is 0.0753. The predicted octanol–water partition coefficient (Wildman–Crippen LogP) is 5.74. The Morgan fingerprint density at radius 3 is 2.36 bits per heavy atom. The third-order valence-electron chi connectivity index (χ3n) is 12.1. The fraction of sp³-hybridized carbons (Fsp3) is 0.468. The third-order valence-corrected chi connectivity index (χ3v) is 12.4. The van der Waals surface area contributed by atoms with E-state index in [-0.39, 0.29) is 67.3 Å². The van der Waals surface area contributed by atoms with Crippen LogP contribution in [0.25, 0.3) is 0 Å². The fourth-order valence-corrected chi connectivity index (χ4v) is 9.23. The summed E-state index contributed by atoms with van der Waals surface area (Å²) in [5, 5.41) is 45.9. The number of ether oxygens (including phenoxy) is 2. The molecule has 6 rings (SSSR count). The van der Waals surface area contributed by atoms with E-state index in [1.54, 1.807) is 66.9 Å². The van der Waals surface area contributed by atoms with Gasteiger partial charge < -0.3 is 45.3 Å².